The number of pyridine rings is 1. The van der Waals surface area contributed by atoms with E-state index in [1.54, 1.807) is 0 Å². The second kappa shape index (κ2) is 8.40. The van der Waals surface area contributed by atoms with Crippen molar-refractivity contribution < 1.29 is 14.3 Å². The first-order valence-electron chi connectivity index (χ1n) is 10.8. The first kappa shape index (κ1) is 22.9. The van der Waals surface area contributed by atoms with E-state index in [1.165, 1.54) is 0 Å². The predicted molar refractivity (Wildman–Crippen MR) is 121 cm³/mol. The Balaban J connectivity index is 1.69. The van der Waals surface area contributed by atoms with Gasteiger partial charge in [0.2, 0.25) is 5.91 Å². The molecule has 0 spiro atoms. The van der Waals surface area contributed by atoms with Crippen LogP contribution in [0, 0.1) is 12.3 Å². The van der Waals surface area contributed by atoms with Crippen molar-refractivity contribution in [2.24, 2.45) is 5.41 Å². The molecule has 0 aliphatic carbocycles. The molecule has 3 heterocycles. The maximum absolute atomic E-state index is 13.3. The van der Waals surface area contributed by atoms with Gasteiger partial charge in [0.05, 0.1) is 5.69 Å². The number of piperazine rings is 1. The Morgan fingerprint density at radius 3 is 2.29 bits per heavy atom. The molecule has 1 aliphatic heterocycles. The summed E-state index contributed by atoms with van der Waals surface area (Å²) in [5, 5.41) is 2.80. The molecule has 0 saturated carbocycles. The van der Waals surface area contributed by atoms with Crippen LogP contribution >= 0.6 is 0 Å². The summed E-state index contributed by atoms with van der Waals surface area (Å²) >= 11 is 0. The topological polar surface area (TPSA) is 79.2 Å². The highest BCUT2D eigenvalue weighted by Gasteiger charge is 2.37. The van der Waals surface area contributed by atoms with Gasteiger partial charge in [0.25, 0.3) is 0 Å². The molecule has 2 aromatic rings. The van der Waals surface area contributed by atoms with E-state index >= 15 is 0 Å². The molecule has 170 valence electrons. The van der Waals surface area contributed by atoms with Gasteiger partial charge in [-0.15, -0.1) is 0 Å². The van der Waals surface area contributed by atoms with Crippen LogP contribution in [0.1, 0.15) is 47.2 Å². The van der Waals surface area contributed by atoms with E-state index in [-0.39, 0.29) is 5.91 Å². The number of carbonyl (C=O) groups is 2. The molecule has 2 amide bonds. The summed E-state index contributed by atoms with van der Waals surface area (Å²) in [6, 6.07) is 5.42. The molecule has 3 rings (SSSR count). The van der Waals surface area contributed by atoms with Gasteiger partial charge in [0, 0.05) is 32.4 Å². The van der Waals surface area contributed by atoms with Gasteiger partial charge in [-0.1, -0.05) is 26.8 Å². The van der Waals surface area contributed by atoms with Gasteiger partial charge in [0.15, 0.2) is 0 Å². The number of ether oxygens (including phenoxy) is 1. The predicted octanol–water partition coefficient (Wildman–Crippen LogP) is 3.23. The van der Waals surface area contributed by atoms with Crippen LogP contribution in [0.2, 0.25) is 0 Å². The zero-order valence-electron chi connectivity index (χ0n) is 19.7. The fourth-order valence-corrected chi connectivity index (χ4v) is 3.79. The van der Waals surface area contributed by atoms with Crippen molar-refractivity contribution in [3.63, 3.8) is 0 Å². The number of hydrogen-bond donors (Lipinski definition) is 1. The number of nitrogens with one attached hydrogen (secondary N) is 1. The van der Waals surface area contributed by atoms with E-state index in [1.807, 2.05) is 71.7 Å². The normalized spacial score (nSPS) is 16.4. The van der Waals surface area contributed by atoms with Crippen molar-refractivity contribution in [2.45, 2.75) is 60.1 Å². The maximum atomic E-state index is 13.3. The van der Waals surface area contributed by atoms with Crippen LogP contribution in [0.3, 0.4) is 0 Å². The first-order valence-corrected chi connectivity index (χ1v) is 10.8. The molecule has 1 N–H and O–H groups in total. The van der Waals surface area contributed by atoms with Crippen LogP contribution < -0.4 is 10.2 Å². The number of fused-ring (bicyclic) bond motifs is 1. The molecule has 1 atom stereocenters. The van der Waals surface area contributed by atoms with Crippen molar-refractivity contribution in [2.75, 3.05) is 31.1 Å². The van der Waals surface area contributed by atoms with Crippen LogP contribution in [-0.4, -0.2) is 64.1 Å². The second-order valence-corrected chi connectivity index (χ2v) is 10.3. The van der Waals surface area contributed by atoms with Gasteiger partial charge in [-0.2, -0.15) is 0 Å². The minimum absolute atomic E-state index is 0.0744. The molecule has 31 heavy (non-hydrogen) atoms. The lowest BCUT2D eigenvalue weighted by Gasteiger charge is -2.40. The summed E-state index contributed by atoms with van der Waals surface area (Å²) in [5.74, 6) is 0.999. The highest BCUT2D eigenvalue weighted by atomic mass is 16.6. The summed E-state index contributed by atoms with van der Waals surface area (Å²) in [4.78, 5) is 34.3. The van der Waals surface area contributed by atoms with Crippen LogP contribution in [-0.2, 0) is 9.53 Å². The number of hydrogen-bond acceptors (Lipinski definition) is 5. The molecule has 8 heteroatoms. The average molecular weight is 430 g/mol. The smallest absolute Gasteiger partial charge is 0.408 e. The number of amides is 2. The third kappa shape index (κ3) is 5.48. The number of carbonyl (C=O) groups excluding carboxylic acids is 2. The lowest BCUT2D eigenvalue weighted by Crippen LogP contribution is -2.59. The Labute approximate surface area is 184 Å². The molecule has 0 unspecified atom stereocenters. The van der Waals surface area contributed by atoms with E-state index in [0.717, 1.165) is 17.2 Å². The zero-order chi connectivity index (χ0) is 23.0. The number of aryl methyl sites for hydroxylation is 1. The van der Waals surface area contributed by atoms with Gasteiger partial charge >= 0.3 is 6.09 Å². The van der Waals surface area contributed by atoms with Crippen LogP contribution in [0.25, 0.3) is 5.65 Å². The van der Waals surface area contributed by atoms with Crippen molar-refractivity contribution in [3.8, 4) is 0 Å². The Hall–Kier alpha value is -2.77. The fourth-order valence-electron chi connectivity index (χ4n) is 3.79. The number of rotatable bonds is 3. The lowest BCUT2D eigenvalue weighted by atomic mass is 9.85. The van der Waals surface area contributed by atoms with Crippen molar-refractivity contribution in [3.05, 3.63) is 30.1 Å². The molecule has 0 radical (unpaired) electrons. The SMILES string of the molecule is Cc1cn2c(N3CCN(C(=O)[C@H](NC(=O)OC(C)(C)C)C(C)(C)C)CC3)cccc2n1. The molecule has 1 saturated heterocycles. The van der Waals surface area contributed by atoms with Gasteiger partial charge < -0.3 is 19.9 Å². The molecule has 0 bridgehead atoms. The van der Waals surface area contributed by atoms with Gasteiger partial charge in [-0.25, -0.2) is 9.78 Å². The largest absolute Gasteiger partial charge is 0.444 e. The third-order valence-electron chi connectivity index (χ3n) is 5.28. The first-order chi connectivity index (χ1) is 14.3. The van der Waals surface area contributed by atoms with E-state index in [4.69, 9.17) is 4.74 Å². The minimum Gasteiger partial charge on any atom is -0.444 e. The number of nitrogens with zero attached hydrogens (tertiary/aromatic N) is 4. The Morgan fingerprint density at radius 1 is 1.06 bits per heavy atom. The van der Waals surface area contributed by atoms with Crippen molar-refractivity contribution in [1.82, 2.24) is 19.6 Å². The summed E-state index contributed by atoms with van der Waals surface area (Å²) in [5.41, 5.74) is 0.837. The van der Waals surface area contributed by atoms with Crippen LogP contribution in [0.5, 0.6) is 0 Å². The van der Waals surface area contributed by atoms with Crippen LogP contribution in [0.4, 0.5) is 10.6 Å². The highest BCUT2D eigenvalue weighted by Crippen LogP contribution is 2.24. The van der Waals surface area contributed by atoms with Gasteiger partial charge in [0.1, 0.15) is 23.1 Å². The van der Waals surface area contributed by atoms with E-state index < -0.39 is 23.2 Å². The van der Waals surface area contributed by atoms with Gasteiger partial charge in [-0.05, 0) is 45.2 Å². The Morgan fingerprint density at radius 2 is 1.71 bits per heavy atom. The quantitative estimate of drug-likeness (QED) is 0.810. The lowest BCUT2D eigenvalue weighted by molar-refractivity contribution is -0.136. The molecular weight excluding hydrogens is 394 g/mol. The summed E-state index contributed by atoms with van der Waals surface area (Å²) < 4.78 is 7.47. The maximum Gasteiger partial charge on any atom is 0.408 e. The number of aromatic nitrogens is 2. The molecular formula is C23H35N5O3. The summed E-state index contributed by atoms with van der Waals surface area (Å²) in [6.45, 7) is 15.9. The Bertz CT molecular complexity index is 946. The number of alkyl carbamates (subject to hydrolysis) is 1. The number of imidazole rings is 1. The molecule has 8 nitrogen and oxygen atoms in total. The Kier molecular flexibility index (Phi) is 6.21. The molecule has 0 aromatic carbocycles. The summed E-state index contributed by atoms with van der Waals surface area (Å²) in [7, 11) is 0. The van der Waals surface area contributed by atoms with Crippen LogP contribution in [0.15, 0.2) is 24.4 Å². The highest BCUT2D eigenvalue weighted by molar-refractivity contribution is 5.86. The second-order valence-electron chi connectivity index (χ2n) is 10.3. The van der Waals surface area contributed by atoms with E-state index in [2.05, 4.69) is 25.7 Å². The van der Waals surface area contributed by atoms with Crippen molar-refractivity contribution >= 4 is 23.5 Å². The average Bonchev–Trinajstić information content (AvgIpc) is 3.03. The zero-order valence-corrected chi connectivity index (χ0v) is 19.7. The minimum atomic E-state index is -0.659. The summed E-state index contributed by atoms with van der Waals surface area (Å²) in [6.07, 6.45) is 1.46. The fraction of sp³-hybridized carbons (Fsp3) is 0.609. The number of anilines is 1. The van der Waals surface area contributed by atoms with E-state index in [0.29, 0.717) is 26.2 Å². The molecule has 1 aliphatic rings. The monoisotopic (exact) mass is 429 g/mol. The van der Waals surface area contributed by atoms with Crippen molar-refractivity contribution in [1.29, 1.82) is 0 Å². The third-order valence-corrected chi connectivity index (χ3v) is 5.28. The van der Waals surface area contributed by atoms with Gasteiger partial charge in [-0.3, -0.25) is 9.20 Å². The standard InChI is InChI=1S/C23H35N5O3/c1-16-15-28-17(24-16)9-8-10-18(28)26-11-13-27(14-12-26)20(29)19(22(2,3)4)25-21(30)31-23(5,6)7/h8-10,15,19H,11-14H2,1-7H3,(H,25,30)/t19-/m0/s1. The molecule has 2 aromatic heterocycles. The van der Waals surface area contributed by atoms with E-state index in [9.17, 15) is 9.59 Å². The molecule has 1 fully saturated rings.